The summed E-state index contributed by atoms with van der Waals surface area (Å²) in [5, 5.41) is 3.37. The number of aryl methyl sites for hydroxylation is 1. The number of halogens is 4. The first-order valence-electron chi connectivity index (χ1n) is 11.7. The number of carbonyl (C=O) groups excluding carboxylic acids is 1. The molecule has 6 nitrogen and oxygen atoms in total. The predicted octanol–water partition coefficient (Wildman–Crippen LogP) is 3.83. The molecule has 1 saturated heterocycles. The summed E-state index contributed by atoms with van der Waals surface area (Å²) in [6.07, 6.45) is 0.394. The van der Waals surface area contributed by atoms with Crippen molar-refractivity contribution in [3.05, 3.63) is 45.6 Å². The number of fused-ring (bicyclic) bond motifs is 3. The molecule has 1 atom stereocenters. The Hall–Kier alpha value is -2.43. The van der Waals surface area contributed by atoms with Gasteiger partial charge in [-0.3, -0.25) is 4.79 Å². The molecule has 0 unspecified atom stereocenters. The highest BCUT2D eigenvalue weighted by atomic mass is 35.5. The molecule has 1 fully saturated rings. The lowest BCUT2D eigenvalue weighted by molar-refractivity contribution is -0.892. The van der Waals surface area contributed by atoms with Crippen molar-refractivity contribution in [2.75, 3.05) is 42.9 Å². The van der Waals surface area contributed by atoms with Gasteiger partial charge in [-0.15, -0.1) is 11.3 Å². The summed E-state index contributed by atoms with van der Waals surface area (Å²) in [5.41, 5.74) is 0.526. The minimum Gasteiger partial charge on any atom is -0.345 e. The van der Waals surface area contributed by atoms with E-state index in [1.54, 1.807) is 17.7 Å². The Kier molecular flexibility index (Phi) is 6.63. The Morgan fingerprint density at radius 1 is 1.29 bits per heavy atom. The van der Waals surface area contributed by atoms with Crippen LogP contribution in [0.15, 0.2) is 24.5 Å². The first kappa shape index (κ1) is 24.3. The van der Waals surface area contributed by atoms with Gasteiger partial charge in [-0.2, -0.15) is 13.2 Å². The number of nitrogens with one attached hydrogen (secondary N) is 2. The van der Waals surface area contributed by atoms with Crippen molar-refractivity contribution >= 4 is 50.6 Å². The largest absolute Gasteiger partial charge is 0.417 e. The number of thiophene rings is 1. The van der Waals surface area contributed by atoms with E-state index in [-0.39, 0.29) is 18.1 Å². The summed E-state index contributed by atoms with van der Waals surface area (Å²) in [6, 6.07) is 3.40. The number of amides is 1. The van der Waals surface area contributed by atoms with Gasteiger partial charge in [0.05, 0.1) is 42.2 Å². The highest BCUT2D eigenvalue weighted by Gasteiger charge is 2.34. The van der Waals surface area contributed by atoms with Crippen LogP contribution in [0.3, 0.4) is 0 Å². The van der Waals surface area contributed by atoms with Crippen molar-refractivity contribution in [3.63, 3.8) is 0 Å². The van der Waals surface area contributed by atoms with Gasteiger partial charge in [0.15, 0.2) is 6.54 Å². The number of benzene rings is 1. The van der Waals surface area contributed by atoms with Gasteiger partial charge in [0.2, 0.25) is 0 Å². The maximum absolute atomic E-state index is 13.1. The van der Waals surface area contributed by atoms with E-state index in [0.29, 0.717) is 5.92 Å². The van der Waals surface area contributed by atoms with Gasteiger partial charge in [0.1, 0.15) is 17.0 Å². The van der Waals surface area contributed by atoms with E-state index in [0.717, 1.165) is 66.7 Å². The van der Waals surface area contributed by atoms with Crippen LogP contribution < -0.4 is 15.1 Å². The van der Waals surface area contributed by atoms with Crippen LogP contribution in [0.5, 0.6) is 0 Å². The van der Waals surface area contributed by atoms with E-state index >= 15 is 0 Å². The summed E-state index contributed by atoms with van der Waals surface area (Å²) in [4.78, 5) is 27.5. The number of anilines is 2. The average molecular weight is 525 g/mol. The maximum Gasteiger partial charge on any atom is 0.417 e. The molecule has 2 aliphatic rings. The third-order valence-electron chi connectivity index (χ3n) is 6.81. The monoisotopic (exact) mass is 524 g/mol. The Balaban J connectivity index is 1.22. The van der Waals surface area contributed by atoms with Gasteiger partial charge < -0.3 is 15.1 Å². The smallest absolute Gasteiger partial charge is 0.345 e. The van der Waals surface area contributed by atoms with Crippen molar-refractivity contribution in [2.45, 2.75) is 32.4 Å². The number of hydrogen-bond acceptors (Lipinski definition) is 5. The molecule has 0 saturated carbocycles. The van der Waals surface area contributed by atoms with Crippen molar-refractivity contribution in [2.24, 2.45) is 5.92 Å². The van der Waals surface area contributed by atoms with Crippen LogP contribution in [-0.4, -0.2) is 48.6 Å². The fourth-order valence-corrected chi connectivity index (χ4v) is 6.53. The molecule has 3 heterocycles. The standard InChI is InChI=1S/C24H25ClF3N5OS/c1-14-2-4-16-19(10-14)35-23-21(16)22(29-13-30-23)33-8-6-32(7-9-33)12-20(34)31-15-3-5-18(25)17(11-15)24(26,27)28/h3,5,11,13-14H,2,4,6-10,12H2,1H3,(H,31,34)/p+1/t14-/m1/s1. The number of rotatable bonds is 4. The lowest BCUT2D eigenvalue weighted by atomic mass is 9.89. The lowest BCUT2D eigenvalue weighted by Gasteiger charge is -2.33. The maximum atomic E-state index is 13.1. The van der Waals surface area contributed by atoms with Crippen LogP contribution >= 0.6 is 22.9 Å². The topological polar surface area (TPSA) is 62.6 Å². The van der Waals surface area contributed by atoms with Gasteiger partial charge in [-0.05, 0) is 48.9 Å². The molecule has 2 aromatic heterocycles. The molecule has 35 heavy (non-hydrogen) atoms. The minimum absolute atomic E-state index is 0.0877. The first-order chi connectivity index (χ1) is 16.7. The highest BCUT2D eigenvalue weighted by molar-refractivity contribution is 7.19. The summed E-state index contributed by atoms with van der Waals surface area (Å²) in [5.74, 6) is 1.35. The van der Waals surface area contributed by atoms with Crippen molar-refractivity contribution in [3.8, 4) is 0 Å². The zero-order valence-electron chi connectivity index (χ0n) is 19.2. The molecule has 1 aromatic carbocycles. The summed E-state index contributed by atoms with van der Waals surface area (Å²) in [7, 11) is 0. The molecule has 1 aliphatic carbocycles. The molecule has 186 valence electrons. The van der Waals surface area contributed by atoms with Gasteiger partial charge in [-0.1, -0.05) is 18.5 Å². The third-order valence-corrected chi connectivity index (χ3v) is 8.30. The van der Waals surface area contributed by atoms with Gasteiger partial charge in [0.25, 0.3) is 5.91 Å². The van der Waals surface area contributed by atoms with E-state index in [1.807, 2.05) is 0 Å². The molecule has 0 radical (unpaired) electrons. The lowest BCUT2D eigenvalue weighted by Crippen LogP contribution is -3.15. The molecule has 2 N–H and O–H groups in total. The van der Waals surface area contributed by atoms with Crippen molar-refractivity contribution in [1.29, 1.82) is 0 Å². The predicted molar refractivity (Wildman–Crippen MR) is 131 cm³/mol. The minimum atomic E-state index is -4.58. The second-order valence-corrected chi connectivity index (χ2v) is 10.9. The number of alkyl halides is 3. The molecule has 5 rings (SSSR count). The van der Waals surface area contributed by atoms with E-state index < -0.39 is 16.8 Å². The number of aromatic nitrogens is 2. The fourth-order valence-electron chi connectivity index (χ4n) is 4.96. The van der Waals surface area contributed by atoms with E-state index in [4.69, 9.17) is 11.6 Å². The second-order valence-electron chi connectivity index (χ2n) is 9.38. The van der Waals surface area contributed by atoms with E-state index in [9.17, 15) is 18.0 Å². The van der Waals surface area contributed by atoms with Crippen LogP contribution in [-0.2, 0) is 23.8 Å². The van der Waals surface area contributed by atoms with Crippen molar-refractivity contribution < 1.29 is 22.9 Å². The van der Waals surface area contributed by atoms with Gasteiger partial charge in [-0.25, -0.2) is 9.97 Å². The third kappa shape index (κ3) is 5.10. The number of carbonyl (C=O) groups is 1. The first-order valence-corrected chi connectivity index (χ1v) is 12.9. The number of piperazine rings is 1. The Bertz CT molecular complexity index is 1260. The molecule has 3 aromatic rings. The second kappa shape index (κ2) is 9.55. The van der Waals surface area contributed by atoms with E-state index in [2.05, 4.69) is 27.1 Å². The Morgan fingerprint density at radius 2 is 2.06 bits per heavy atom. The molecular formula is C24H26ClF3N5OS+. The molecular weight excluding hydrogens is 499 g/mol. The number of quaternary nitrogens is 1. The van der Waals surface area contributed by atoms with E-state index in [1.165, 1.54) is 28.3 Å². The van der Waals surface area contributed by atoms with Crippen LogP contribution in [0.2, 0.25) is 5.02 Å². The molecule has 0 bridgehead atoms. The van der Waals surface area contributed by atoms with Crippen LogP contribution in [0.4, 0.5) is 24.7 Å². The molecule has 1 aliphatic heterocycles. The SMILES string of the molecule is C[C@@H]1CCc2c(sc3ncnc(N4CC[NH+](CC(=O)Nc5ccc(Cl)c(C(F)(F)F)c5)CC4)c23)C1. The van der Waals surface area contributed by atoms with Crippen LogP contribution in [0, 0.1) is 5.92 Å². The normalized spacial score (nSPS) is 19.1. The zero-order valence-corrected chi connectivity index (χ0v) is 20.8. The highest BCUT2D eigenvalue weighted by Crippen LogP contribution is 2.40. The number of hydrogen-bond donors (Lipinski definition) is 2. The molecule has 0 spiro atoms. The van der Waals surface area contributed by atoms with Crippen LogP contribution in [0.25, 0.3) is 10.2 Å². The van der Waals surface area contributed by atoms with Crippen LogP contribution in [0.1, 0.15) is 29.3 Å². The molecule has 11 heteroatoms. The Labute approximate surface area is 210 Å². The number of nitrogens with zero attached hydrogens (tertiary/aromatic N) is 3. The summed E-state index contributed by atoms with van der Waals surface area (Å²) < 4.78 is 39.3. The zero-order chi connectivity index (χ0) is 24.7. The summed E-state index contributed by atoms with van der Waals surface area (Å²) in [6.45, 7) is 5.43. The fraction of sp³-hybridized carbons (Fsp3) is 0.458. The summed E-state index contributed by atoms with van der Waals surface area (Å²) >= 11 is 7.44. The van der Waals surface area contributed by atoms with Crippen molar-refractivity contribution in [1.82, 2.24) is 9.97 Å². The average Bonchev–Trinajstić information content (AvgIpc) is 3.17. The van der Waals surface area contributed by atoms with Gasteiger partial charge in [0, 0.05) is 10.6 Å². The quantitative estimate of drug-likeness (QED) is 0.544. The Morgan fingerprint density at radius 3 is 2.80 bits per heavy atom. The van der Waals surface area contributed by atoms with Gasteiger partial charge >= 0.3 is 6.18 Å². The molecule has 1 amide bonds.